The third kappa shape index (κ3) is 6.07. The molecule has 0 radical (unpaired) electrons. The molecule has 0 aromatic heterocycles. The van der Waals surface area contributed by atoms with Crippen LogP contribution in [0.1, 0.15) is 16.7 Å². The minimum absolute atomic E-state index is 0.00610. The quantitative estimate of drug-likeness (QED) is 0.787. The van der Waals surface area contributed by atoms with Gasteiger partial charge in [-0.3, -0.25) is 4.79 Å². The van der Waals surface area contributed by atoms with E-state index in [0.29, 0.717) is 6.54 Å². The maximum atomic E-state index is 12.7. The van der Waals surface area contributed by atoms with Crippen LogP contribution in [0.25, 0.3) is 0 Å². The molecule has 2 aromatic carbocycles. The topological polar surface area (TPSA) is 42.8 Å². The van der Waals surface area contributed by atoms with Gasteiger partial charge in [0.15, 0.2) is 6.61 Å². The number of amides is 1. The second-order valence-electron chi connectivity index (χ2n) is 6.24. The van der Waals surface area contributed by atoms with Gasteiger partial charge in [-0.15, -0.1) is 0 Å². The molecule has 140 valence electrons. The molecule has 2 rings (SSSR count). The smallest absolute Gasteiger partial charge is 0.416 e. The largest absolute Gasteiger partial charge is 0.484 e. The Morgan fingerprint density at radius 3 is 2.42 bits per heavy atom. The number of hydrogen-bond acceptors (Lipinski definition) is 2. The van der Waals surface area contributed by atoms with Gasteiger partial charge in [0.25, 0.3) is 5.91 Å². The van der Waals surface area contributed by atoms with E-state index in [9.17, 15) is 18.0 Å². The molecule has 0 aliphatic carbocycles. The van der Waals surface area contributed by atoms with E-state index >= 15 is 0 Å². The molecular weight excluding hydrogens is 345 g/mol. The van der Waals surface area contributed by atoms with Crippen molar-refractivity contribution in [3.63, 3.8) is 0 Å². The maximum Gasteiger partial charge on any atom is 0.416 e. The van der Waals surface area contributed by atoms with E-state index in [1.54, 1.807) is 0 Å². The summed E-state index contributed by atoms with van der Waals surface area (Å²) in [6.45, 7) is 0.823. The van der Waals surface area contributed by atoms with Gasteiger partial charge in [-0.2, -0.15) is 13.2 Å². The van der Waals surface area contributed by atoms with Crippen molar-refractivity contribution in [2.24, 2.45) is 0 Å². The SMILES string of the molecule is C[NH+](C)Cc1ccccc1CNC(=O)COc1cccc(C(F)(F)F)c1. The van der Waals surface area contributed by atoms with Crippen LogP contribution in [-0.2, 0) is 24.1 Å². The van der Waals surface area contributed by atoms with Crippen molar-refractivity contribution in [1.82, 2.24) is 5.32 Å². The molecule has 0 unspecified atom stereocenters. The fourth-order valence-electron chi connectivity index (χ4n) is 2.44. The van der Waals surface area contributed by atoms with E-state index in [1.807, 2.05) is 38.4 Å². The lowest BCUT2D eigenvalue weighted by molar-refractivity contribution is -0.872. The molecule has 0 aliphatic heterocycles. The number of ether oxygens (including phenoxy) is 1. The molecule has 0 fully saturated rings. The van der Waals surface area contributed by atoms with Crippen LogP contribution in [0, 0.1) is 0 Å². The maximum absolute atomic E-state index is 12.7. The number of rotatable bonds is 7. The third-order valence-corrected chi connectivity index (χ3v) is 3.67. The highest BCUT2D eigenvalue weighted by molar-refractivity contribution is 5.77. The van der Waals surface area contributed by atoms with Crippen LogP contribution >= 0.6 is 0 Å². The average Bonchev–Trinajstić information content (AvgIpc) is 2.58. The van der Waals surface area contributed by atoms with Gasteiger partial charge < -0.3 is 15.0 Å². The monoisotopic (exact) mass is 367 g/mol. The normalized spacial score (nSPS) is 11.5. The molecule has 2 N–H and O–H groups in total. The summed E-state index contributed by atoms with van der Waals surface area (Å²) < 4.78 is 43.2. The van der Waals surface area contributed by atoms with Gasteiger partial charge >= 0.3 is 6.18 Å². The summed E-state index contributed by atoms with van der Waals surface area (Å²) in [6.07, 6.45) is -4.44. The summed E-state index contributed by atoms with van der Waals surface area (Å²) in [5.74, 6) is -0.388. The van der Waals surface area contributed by atoms with Crippen LogP contribution < -0.4 is 15.0 Å². The van der Waals surface area contributed by atoms with Crippen molar-refractivity contribution in [1.29, 1.82) is 0 Å². The van der Waals surface area contributed by atoms with Crippen LogP contribution in [0.3, 0.4) is 0 Å². The van der Waals surface area contributed by atoms with Crippen molar-refractivity contribution in [2.45, 2.75) is 19.3 Å². The second-order valence-corrected chi connectivity index (χ2v) is 6.24. The van der Waals surface area contributed by atoms with Crippen LogP contribution in [-0.4, -0.2) is 26.6 Å². The number of hydrogen-bond donors (Lipinski definition) is 2. The van der Waals surface area contributed by atoms with Crippen LogP contribution in [0.15, 0.2) is 48.5 Å². The number of nitrogens with one attached hydrogen (secondary N) is 2. The average molecular weight is 367 g/mol. The number of carbonyl (C=O) groups is 1. The molecule has 1 amide bonds. The fraction of sp³-hybridized carbons (Fsp3) is 0.316. The van der Waals surface area contributed by atoms with E-state index in [2.05, 4.69) is 5.32 Å². The molecular formula is C19H22F3N2O2+. The lowest BCUT2D eigenvalue weighted by Gasteiger charge is -2.13. The molecule has 0 spiro atoms. The summed E-state index contributed by atoms with van der Waals surface area (Å²) in [5, 5.41) is 2.73. The molecule has 0 bridgehead atoms. The first kappa shape index (κ1) is 19.8. The highest BCUT2D eigenvalue weighted by Crippen LogP contribution is 2.31. The second kappa shape index (κ2) is 8.71. The van der Waals surface area contributed by atoms with Gasteiger partial charge in [-0.05, 0) is 23.8 Å². The van der Waals surface area contributed by atoms with Crippen molar-refractivity contribution in [2.75, 3.05) is 20.7 Å². The predicted octanol–water partition coefficient (Wildman–Crippen LogP) is 2.05. The Bertz CT molecular complexity index is 746. The van der Waals surface area contributed by atoms with Crippen molar-refractivity contribution in [3.05, 3.63) is 65.2 Å². The molecule has 26 heavy (non-hydrogen) atoms. The molecule has 0 heterocycles. The van der Waals surface area contributed by atoms with Crippen molar-refractivity contribution < 1.29 is 27.6 Å². The zero-order valence-electron chi connectivity index (χ0n) is 14.7. The van der Waals surface area contributed by atoms with Crippen molar-refractivity contribution >= 4 is 5.91 Å². The number of halogens is 3. The Labute approximate surface area is 150 Å². The molecule has 7 heteroatoms. The molecule has 0 saturated heterocycles. The van der Waals surface area contributed by atoms with E-state index in [1.165, 1.54) is 17.0 Å². The van der Waals surface area contributed by atoms with Gasteiger partial charge in [-0.25, -0.2) is 0 Å². The highest BCUT2D eigenvalue weighted by atomic mass is 19.4. The molecule has 0 saturated carbocycles. The van der Waals surface area contributed by atoms with Crippen LogP contribution in [0.4, 0.5) is 13.2 Å². The first-order chi connectivity index (χ1) is 12.3. The molecule has 0 atom stereocenters. The highest BCUT2D eigenvalue weighted by Gasteiger charge is 2.30. The summed E-state index contributed by atoms with van der Waals surface area (Å²) in [6, 6.07) is 12.3. The van der Waals surface area contributed by atoms with E-state index in [-0.39, 0.29) is 12.4 Å². The lowest BCUT2D eigenvalue weighted by atomic mass is 10.1. The van der Waals surface area contributed by atoms with Gasteiger partial charge in [-0.1, -0.05) is 30.3 Å². The van der Waals surface area contributed by atoms with Gasteiger partial charge in [0.1, 0.15) is 12.3 Å². The summed E-state index contributed by atoms with van der Waals surface area (Å²) in [7, 11) is 4.08. The Kier molecular flexibility index (Phi) is 6.63. The zero-order chi connectivity index (χ0) is 19.2. The number of alkyl halides is 3. The van der Waals surface area contributed by atoms with Crippen LogP contribution in [0.5, 0.6) is 5.75 Å². The van der Waals surface area contributed by atoms with Gasteiger partial charge in [0.2, 0.25) is 0 Å². The summed E-state index contributed by atoms with van der Waals surface area (Å²) >= 11 is 0. The number of benzene rings is 2. The van der Waals surface area contributed by atoms with E-state index in [4.69, 9.17) is 4.74 Å². The number of quaternary nitrogens is 1. The molecule has 4 nitrogen and oxygen atoms in total. The first-order valence-electron chi connectivity index (χ1n) is 8.18. The minimum atomic E-state index is -4.44. The summed E-state index contributed by atoms with van der Waals surface area (Å²) in [4.78, 5) is 13.2. The van der Waals surface area contributed by atoms with Gasteiger partial charge in [0.05, 0.1) is 19.7 Å². The Balaban J connectivity index is 1.89. The third-order valence-electron chi connectivity index (χ3n) is 3.67. The molecule has 0 aliphatic rings. The Morgan fingerprint density at radius 1 is 1.08 bits per heavy atom. The summed E-state index contributed by atoms with van der Waals surface area (Å²) in [5.41, 5.74) is 1.32. The minimum Gasteiger partial charge on any atom is -0.484 e. The standard InChI is InChI=1S/C19H21F3N2O2/c1-24(2)12-15-7-4-3-6-14(15)11-23-18(25)13-26-17-9-5-8-16(10-17)19(20,21)22/h3-10H,11-13H2,1-2H3,(H,23,25)/p+1. The van der Waals surface area contributed by atoms with Crippen LogP contribution in [0.2, 0.25) is 0 Å². The number of carbonyl (C=O) groups excluding carboxylic acids is 1. The van der Waals surface area contributed by atoms with E-state index < -0.39 is 17.6 Å². The van der Waals surface area contributed by atoms with Gasteiger partial charge in [0, 0.05) is 12.1 Å². The van der Waals surface area contributed by atoms with Crippen molar-refractivity contribution in [3.8, 4) is 5.75 Å². The predicted molar refractivity (Wildman–Crippen MR) is 91.7 cm³/mol. The zero-order valence-corrected chi connectivity index (χ0v) is 14.7. The fourth-order valence-corrected chi connectivity index (χ4v) is 2.44. The Morgan fingerprint density at radius 2 is 1.77 bits per heavy atom. The lowest BCUT2D eigenvalue weighted by Crippen LogP contribution is -3.04. The Hall–Kier alpha value is -2.54. The first-order valence-corrected chi connectivity index (χ1v) is 8.18. The molecule has 2 aromatic rings. The van der Waals surface area contributed by atoms with E-state index in [0.717, 1.165) is 29.8 Å².